The zero-order valence-electron chi connectivity index (χ0n) is 47.9. The molecule has 0 aromatic heterocycles. The van der Waals surface area contributed by atoms with Gasteiger partial charge in [0.15, 0.2) is 0 Å². The van der Waals surface area contributed by atoms with Crippen molar-refractivity contribution < 1.29 is 24.2 Å². The molecule has 6 nitrogen and oxygen atoms in total. The van der Waals surface area contributed by atoms with Crippen molar-refractivity contribution in [1.82, 2.24) is 4.90 Å². The Labute approximate surface area is 434 Å². The first-order valence-corrected chi connectivity index (χ1v) is 30.9. The molecule has 4 aliphatic rings. The minimum Gasteiger partial charge on any atom is -0.464 e. The first kappa shape index (κ1) is 62.6. The highest BCUT2D eigenvalue weighted by atomic mass is 16.5. The average molecular weight is 981 g/mol. The zero-order valence-corrected chi connectivity index (χ0v) is 47.9. The molecule has 9 unspecified atom stereocenters. The van der Waals surface area contributed by atoms with E-state index >= 15 is 0 Å². The van der Waals surface area contributed by atoms with E-state index in [4.69, 9.17) is 14.6 Å². The van der Waals surface area contributed by atoms with Crippen molar-refractivity contribution in [3.8, 4) is 0 Å². The Morgan fingerprint density at radius 1 is 0.700 bits per heavy atom. The molecule has 6 heteroatoms. The summed E-state index contributed by atoms with van der Waals surface area (Å²) in [5, 5.41) is 9.11. The van der Waals surface area contributed by atoms with Crippen LogP contribution in [-0.4, -0.2) is 60.9 Å². The van der Waals surface area contributed by atoms with Gasteiger partial charge < -0.3 is 19.5 Å². The molecule has 4 aliphatic carbocycles. The summed E-state index contributed by atoms with van der Waals surface area (Å²) >= 11 is 0. The molecule has 0 radical (unpaired) electrons. The van der Waals surface area contributed by atoms with Crippen LogP contribution in [-0.2, 0) is 19.1 Å². The third kappa shape index (κ3) is 21.7. The van der Waals surface area contributed by atoms with Gasteiger partial charge in [0.05, 0.1) is 0 Å². The topological polar surface area (TPSA) is 76.1 Å². The van der Waals surface area contributed by atoms with Crippen molar-refractivity contribution in [2.45, 2.75) is 293 Å². The molecule has 0 aromatic rings. The number of hydrogen-bond acceptors (Lipinski definition) is 6. The fraction of sp³-hybridized carbons (Fsp3) is 0.906. The van der Waals surface area contributed by atoms with Gasteiger partial charge in [-0.25, -0.2) is 0 Å². The Morgan fingerprint density at radius 3 is 1.86 bits per heavy atom. The van der Waals surface area contributed by atoms with Gasteiger partial charge in [-0.05, 0) is 181 Å². The first-order valence-electron chi connectivity index (χ1n) is 30.9. The molecule has 9 atom stereocenters. The molecule has 0 amide bonds. The van der Waals surface area contributed by atoms with Gasteiger partial charge in [-0.15, -0.1) is 0 Å². The fourth-order valence-corrected chi connectivity index (χ4v) is 14.3. The Kier molecular flexibility index (Phi) is 32.5. The third-order valence-corrected chi connectivity index (χ3v) is 18.9. The lowest BCUT2D eigenvalue weighted by Gasteiger charge is -2.58. The standard InChI is InChI=1S/C34H69NO3.C30H48O2/c1-4-7-10-13-15-19-26-33(27-20-16-14-11-8-5-2)38-34(37)28-21-17-18-23-30-35(31-24-25-32-36)29-22-12-9-6-3;1-7-22(20(2)3)9-8-21(4)26-12-13-27-25-11-10-23-18-24(32-19-31)14-16-29(23,5)28(25)15-17-30(26,27)6/h33,36H,4-32H2,1-3H3;8-10,19-22,24-28H,7,11-18H2,1-6H3/b;9-8+. The maximum Gasteiger partial charge on any atom is 0.306 e. The highest BCUT2D eigenvalue weighted by Crippen LogP contribution is 2.67. The largest absolute Gasteiger partial charge is 0.464 e. The van der Waals surface area contributed by atoms with Crippen LogP contribution in [0.25, 0.3) is 0 Å². The SMILES string of the molecule is CCC(/C=C/C(C)C1CCC2C3CC=C4CC(OC=O)CCC4(C)C3CCC12C)C(C)C.CCCCCCCCC(CCCCCCCC)OC(=O)CCCCCCN(CCCCO)CCCCCC. The van der Waals surface area contributed by atoms with Crippen LogP contribution in [0.15, 0.2) is 23.8 Å². The number of carbonyl (C=O) groups is 2. The molecule has 3 saturated carbocycles. The van der Waals surface area contributed by atoms with Crippen LogP contribution < -0.4 is 0 Å². The van der Waals surface area contributed by atoms with Gasteiger partial charge in [0.1, 0.15) is 12.2 Å². The molecule has 3 fully saturated rings. The van der Waals surface area contributed by atoms with Gasteiger partial charge in [0.2, 0.25) is 0 Å². The van der Waals surface area contributed by atoms with Gasteiger partial charge in [-0.2, -0.15) is 0 Å². The Morgan fingerprint density at radius 2 is 1.27 bits per heavy atom. The number of nitrogens with zero attached hydrogens (tertiary/aromatic N) is 1. The number of esters is 1. The predicted octanol–water partition coefficient (Wildman–Crippen LogP) is 18.0. The van der Waals surface area contributed by atoms with Crippen molar-refractivity contribution in [1.29, 1.82) is 0 Å². The van der Waals surface area contributed by atoms with Crippen molar-refractivity contribution in [2.24, 2.45) is 52.3 Å². The minimum absolute atomic E-state index is 0.0357. The second-order valence-corrected chi connectivity index (χ2v) is 24.4. The van der Waals surface area contributed by atoms with Crippen molar-refractivity contribution in [3.05, 3.63) is 23.8 Å². The van der Waals surface area contributed by atoms with Gasteiger partial charge in [0, 0.05) is 19.4 Å². The van der Waals surface area contributed by atoms with E-state index in [0.717, 1.165) is 100.0 Å². The number of hydrogen-bond donors (Lipinski definition) is 1. The Balaban J connectivity index is 0.000000374. The van der Waals surface area contributed by atoms with Crippen molar-refractivity contribution >= 4 is 12.4 Å². The molecular formula is C64H117NO5. The molecule has 0 bridgehead atoms. The summed E-state index contributed by atoms with van der Waals surface area (Å²) in [5.41, 5.74) is 2.44. The van der Waals surface area contributed by atoms with Crippen LogP contribution in [0.1, 0.15) is 281 Å². The summed E-state index contributed by atoms with van der Waals surface area (Å²) < 4.78 is 11.4. The zero-order chi connectivity index (χ0) is 51.0. The Bertz CT molecular complexity index is 1390. The highest BCUT2D eigenvalue weighted by Gasteiger charge is 2.59. The monoisotopic (exact) mass is 980 g/mol. The number of fused-ring (bicyclic) bond motifs is 5. The number of aliphatic hydroxyl groups excluding tert-OH is 1. The summed E-state index contributed by atoms with van der Waals surface area (Å²) in [7, 11) is 0. The molecule has 4 rings (SSSR count). The molecule has 0 aromatic carbocycles. The predicted molar refractivity (Wildman–Crippen MR) is 299 cm³/mol. The molecule has 0 spiro atoms. The third-order valence-electron chi connectivity index (χ3n) is 18.9. The lowest BCUT2D eigenvalue weighted by Crippen LogP contribution is -2.50. The summed E-state index contributed by atoms with van der Waals surface area (Å²) in [5.74, 6) is 5.58. The number of aliphatic hydroxyl groups is 1. The van der Waals surface area contributed by atoms with Crippen LogP contribution in [0, 0.1) is 52.3 Å². The van der Waals surface area contributed by atoms with Crippen LogP contribution in [0.5, 0.6) is 0 Å². The fourth-order valence-electron chi connectivity index (χ4n) is 14.3. The number of rotatable bonds is 38. The molecule has 70 heavy (non-hydrogen) atoms. The average Bonchev–Trinajstić information content (AvgIpc) is 3.71. The number of ether oxygens (including phenoxy) is 2. The quantitative estimate of drug-likeness (QED) is 0.0287. The van der Waals surface area contributed by atoms with E-state index in [1.165, 1.54) is 167 Å². The van der Waals surface area contributed by atoms with E-state index in [1.54, 1.807) is 5.57 Å². The molecular weight excluding hydrogens is 863 g/mol. The highest BCUT2D eigenvalue weighted by molar-refractivity contribution is 5.69. The van der Waals surface area contributed by atoms with Crippen LogP contribution in [0.2, 0.25) is 0 Å². The summed E-state index contributed by atoms with van der Waals surface area (Å²) in [6, 6.07) is 0. The number of unbranched alkanes of at least 4 members (excludes halogenated alkanes) is 17. The maximum absolute atomic E-state index is 12.6. The van der Waals surface area contributed by atoms with E-state index in [1.807, 2.05) is 0 Å². The summed E-state index contributed by atoms with van der Waals surface area (Å²) in [4.78, 5) is 26.1. The molecule has 0 heterocycles. The second kappa shape index (κ2) is 36.3. The molecule has 408 valence electrons. The second-order valence-electron chi connectivity index (χ2n) is 24.4. The van der Waals surface area contributed by atoms with Crippen LogP contribution in [0.4, 0.5) is 0 Å². The van der Waals surface area contributed by atoms with E-state index in [9.17, 15) is 9.59 Å². The first-order chi connectivity index (χ1) is 33.9. The van der Waals surface area contributed by atoms with E-state index < -0.39 is 0 Å². The maximum atomic E-state index is 12.6. The Hall–Kier alpha value is -1.66. The van der Waals surface area contributed by atoms with E-state index in [0.29, 0.717) is 36.2 Å². The van der Waals surface area contributed by atoms with Gasteiger partial charge in [-0.3, -0.25) is 9.59 Å². The van der Waals surface area contributed by atoms with Crippen LogP contribution >= 0.6 is 0 Å². The lowest BCUT2D eigenvalue weighted by molar-refractivity contribution is -0.150. The van der Waals surface area contributed by atoms with Gasteiger partial charge in [0.25, 0.3) is 6.47 Å². The molecule has 0 aliphatic heterocycles. The van der Waals surface area contributed by atoms with Crippen LogP contribution in [0.3, 0.4) is 0 Å². The van der Waals surface area contributed by atoms with Crippen molar-refractivity contribution in [2.75, 3.05) is 26.2 Å². The lowest BCUT2D eigenvalue weighted by atomic mass is 9.47. The minimum atomic E-state index is 0.0357. The number of allylic oxidation sites excluding steroid dienone is 3. The normalized spacial score (nSPS) is 26.1. The van der Waals surface area contributed by atoms with Gasteiger partial charge >= 0.3 is 5.97 Å². The van der Waals surface area contributed by atoms with Gasteiger partial charge in [-0.1, -0.05) is 182 Å². The van der Waals surface area contributed by atoms with E-state index in [-0.39, 0.29) is 18.2 Å². The summed E-state index contributed by atoms with van der Waals surface area (Å²) in [6.07, 6.45) is 49.3. The number of carbonyl (C=O) groups excluding carboxylic acids is 2. The van der Waals surface area contributed by atoms with Crippen molar-refractivity contribution in [3.63, 3.8) is 0 Å². The summed E-state index contributed by atoms with van der Waals surface area (Å²) in [6.45, 7) is 26.0. The van der Waals surface area contributed by atoms with E-state index in [2.05, 4.69) is 85.4 Å². The molecule has 0 saturated heterocycles. The molecule has 1 N–H and O–H groups in total. The smallest absolute Gasteiger partial charge is 0.306 e.